The smallest absolute Gasteiger partial charge is 0.219 e. The van der Waals surface area contributed by atoms with Crippen LogP contribution in [0.1, 0.15) is 18.5 Å². The number of hydrogen-bond donors (Lipinski definition) is 0. The lowest BCUT2D eigenvalue weighted by Crippen LogP contribution is -2.48. The summed E-state index contributed by atoms with van der Waals surface area (Å²) in [6.45, 7) is 4.14. The van der Waals surface area contributed by atoms with Crippen LogP contribution in [0.5, 0.6) is 0 Å². The second-order valence-electron chi connectivity index (χ2n) is 4.63. The molecule has 1 saturated heterocycles. The summed E-state index contributed by atoms with van der Waals surface area (Å²) in [5, 5.41) is 9.31. The molecular formula is C14H16FN3O. The van der Waals surface area contributed by atoms with Gasteiger partial charge in [-0.3, -0.25) is 9.69 Å². The lowest BCUT2D eigenvalue weighted by Gasteiger charge is -2.36. The molecule has 0 saturated carbocycles. The van der Waals surface area contributed by atoms with Gasteiger partial charge in [0.15, 0.2) is 0 Å². The average Bonchev–Trinajstić information content (AvgIpc) is 2.42. The molecule has 1 fully saturated rings. The Hall–Kier alpha value is -1.93. The SMILES string of the molecule is CC(=O)N1CCN(C(C#N)c2ccc(F)cc2)CC1. The molecule has 0 aromatic heterocycles. The van der Waals surface area contributed by atoms with Crippen molar-refractivity contribution >= 4 is 5.91 Å². The van der Waals surface area contributed by atoms with Crippen LogP contribution < -0.4 is 0 Å². The van der Waals surface area contributed by atoms with E-state index in [0.717, 1.165) is 5.56 Å². The first kappa shape index (κ1) is 13.5. The first-order chi connectivity index (χ1) is 9.11. The number of piperazine rings is 1. The maximum atomic E-state index is 12.9. The lowest BCUT2D eigenvalue weighted by molar-refractivity contribution is -0.130. The molecule has 1 aliphatic rings. The van der Waals surface area contributed by atoms with Gasteiger partial charge in [0.25, 0.3) is 0 Å². The van der Waals surface area contributed by atoms with Crippen molar-refractivity contribution in [2.45, 2.75) is 13.0 Å². The molecule has 1 aromatic rings. The van der Waals surface area contributed by atoms with Crippen molar-refractivity contribution in [2.24, 2.45) is 0 Å². The molecule has 1 unspecified atom stereocenters. The summed E-state index contributed by atoms with van der Waals surface area (Å²) < 4.78 is 12.9. The number of amides is 1. The third-order valence-electron chi connectivity index (χ3n) is 3.43. The second kappa shape index (κ2) is 5.81. The Morgan fingerprint density at radius 3 is 2.32 bits per heavy atom. The van der Waals surface area contributed by atoms with E-state index in [1.165, 1.54) is 12.1 Å². The fourth-order valence-electron chi connectivity index (χ4n) is 2.31. The predicted octanol–water partition coefficient (Wildman–Crippen LogP) is 1.55. The highest BCUT2D eigenvalue weighted by Gasteiger charge is 2.25. The van der Waals surface area contributed by atoms with Crippen molar-refractivity contribution in [2.75, 3.05) is 26.2 Å². The Kier molecular flexibility index (Phi) is 4.13. The van der Waals surface area contributed by atoms with E-state index >= 15 is 0 Å². The first-order valence-corrected chi connectivity index (χ1v) is 6.26. The van der Waals surface area contributed by atoms with E-state index < -0.39 is 0 Å². The second-order valence-corrected chi connectivity index (χ2v) is 4.63. The number of rotatable bonds is 2. The highest BCUT2D eigenvalue weighted by Crippen LogP contribution is 2.21. The monoisotopic (exact) mass is 261 g/mol. The van der Waals surface area contributed by atoms with Crippen LogP contribution in [0.15, 0.2) is 24.3 Å². The van der Waals surface area contributed by atoms with Gasteiger partial charge >= 0.3 is 0 Å². The number of hydrogen-bond acceptors (Lipinski definition) is 3. The molecule has 100 valence electrons. The molecule has 0 radical (unpaired) electrons. The zero-order valence-electron chi connectivity index (χ0n) is 10.8. The van der Waals surface area contributed by atoms with Gasteiger partial charge in [0.1, 0.15) is 11.9 Å². The van der Waals surface area contributed by atoms with Crippen molar-refractivity contribution < 1.29 is 9.18 Å². The fraction of sp³-hybridized carbons (Fsp3) is 0.429. The molecule has 1 heterocycles. The van der Waals surface area contributed by atoms with Gasteiger partial charge in [-0.2, -0.15) is 5.26 Å². The van der Waals surface area contributed by atoms with Gasteiger partial charge in [-0.15, -0.1) is 0 Å². The molecule has 2 rings (SSSR count). The maximum Gasteiger partial charge on any atom is 0.219 e. The molecule has 0 spiro atoms. The van der Waals surface area contributed by atoms with Crippen molar-refractivity contribution in [1.82, 2.24) is 9.80 Å². The van der Waals surface area contributed by atoms with Gasteiger partial charge in [-0.1, -0.05) is 12.1 Å². The molecule has 1 aromatic carbocycles. The van der Waals surface area contributed by atoms with Crippen molar-refractivity contribution in [3.05, 3.63) is 35.6 Å². The summed E-state index contributed by atoms with van der Waals surface area (Å²) in [6, 6.07) is 7.88. The summed E-state index contributed by atoms with van der Waals surface area (Å²) in [4.78, 5) is 15.0. The first-order valence-electron chi connectivity index (χ1n) is 6.26. The predicted molar refractivity (Wildman–Crippen MR) is 68.6 cm³/mol. The van der Waals surface area contributed by atoms with Crippen LogP contribution in [-0.4, -0.2) is 41.9 Å². The van der Waals surface area contributed by atoms with E-state index in [-0.39, 0.29) is 17.8 Å². The Labute approximate surface area is 112 Å². The normalized spacial score (nSPS) is 17.8. The summed E-state index contributed by atoms with van der Waals surface area (Å²) in [5.41, 5.74) is 0.792. The Balaban J connectivity index is 2.06. The van der Waals surface area contributed by atoms with Gasteiger partial charge in [-0.05, 0) is 17.7 Å². The third-order valence-corrected chi connectivity index (χ3v) is 3.43. The molecule has 4 nitrogen and oxygen atoms in total. The van der Waals surface area contributed by atoms with Gasteiger partial charge < -0.3 is 4.90 Å². The highest BCUT2D eigenvalue weighted by atomic mass is 19.1. The molecule has 0 bridgehead atoms. The van der Waals surface area contributed by atoms with E-state index in [4.69, 9.17) is 0 Å². The van der Waals surface area contributed by atoms with Crippen LogP contribution in [0.2, 0.25) is 0 Å². The van der Waals surface area contributed by atoms with E-state index in [9.17, 15) is 14.4 Å². The molecular weight excluding hydrogens is 245 g/mol. The fourth-order valence-corrected chi connectivity index (χ4v) is 2.31. The zero-order valence-corrected chi connectivity index (χ0v) is 10.8. The van der Waals surface area contributed by atoms with Gasteiger partial charge in [0.05, 0.1) is 6.07 Å². The standard InChI is InChI=1S/C14H16FN3O/c1-11(19)17-6-8-18(9-7-17)14(10-16)12-2-4-13(15)5-3-12/h2-5,14H,6-9H2,1H3. The lowest BCUT2D eigenvalue weighted by atomic mass is 10.1. The minimum Gasteiger partial charge on any atom is -0.340 e. The van der Waals surface area contributed by atoms with E-state index in [2.05, 4.69) is 6.07 Å². The van der Waals surface area contributed by atoms with Crippen molar-refractivity contribution in [3.63, 3.8) is 0 Å². The summed E-state index contributed by atoms with van der Waals surface area (Å²) in [5.74, 6) is -0.239. The van der Waals surface area contributed by atoms with Gasteiger partial charge in [0.2, 0.25) is 5.91 Å². The van der Waals surface area contributed by atoms with Gasteiger partial charge in [-0.25, -0.2) is 4.39 Å². The van der Waals surface area contributed by atoms with Crippen molar-refractivity contribution in [3.8, 4) is 6.07 Å². The van der Waals surface area contributed by atoms with Crippen LogP contribution in [0.4, 0.5) is 4.39 Å². The number of nitrogens with zero attached hydrogens (tertiary/aromatic N) is 3. The highest BCUT2D eigenvalue weighted by molar-refractivity contribution is 5.73. The molecule has 19 heavy (non-hydrogen) atoms. The summed E-state index contributed by atoms with van der Waals surface area (Å²) in [6.07, 6.45) is 0. The van der Waals surface area contributed by atoms with E-state index in [0.29, 0.717) is 26.2 Å². The summed E-state index contributed by atoms with van der Waals surface area (Å²) in [7, 11) is 0. The molecule has 0 aliphatic carbocycles. The molecule has 0 N–H and O–H groups in total. The van der Waals surface area contributed by atoms with E-state index in [1.54, 1.807) is 24.0 Å². The quantitative estimate of drug-likeness (QED) is 0.811. The van der Waals surface area contributed by atoms with Gasteiger partial charge in [0, 0.05) is 33.1 Å². The zero-order chi connectivity index (χ0) is 13.8. The van der Waals surface area contributed by atoms with Crippen LogP contribution in [0.25, 0.3) is 0 Å². The molecule has 1 amide bonds. The average molecular weight is 261 g/mol. The van der Waals surface area contributed by atoms with Crippen LogP contribution in [0.3, 0.4) is 0 Å². The Morgan fingerprint density at radius 2 is 1.84 bits per heavy atom. The Morgan fingerprint density at radius 1 is 1.26 bits per heavy atom. The minimum absolute atomic E-state index is 0.0648. The molecule has 1 aliphatic heterocycles. The Bertz CT molecular complexity index is 486. The van der Waals surface area contributed by atoms with Crippen LogP contribution in [-0.2, 0) is 4.79 Å². The van der Waals surface area contributed by atoms with Crippen LogP contribution in [0, 0.1) is 17.1 Å². The number of carbonyl (C=O) groups excluding carboxylic acids is 1. The van der Waals surface area contributed by atoms with Crippen molar-refractivity contribution in [1.29, 1.82) is 5.26 Å². The maximum absolute atomic E-state index is 12.9. The molecule has 1 atom stereocenters. The minimum atomic E-state index is -0.380. The number of nitriles is 1. The van der Waals surface area contributed by atoms with Crippen LogP contribution >= 0.6 is 0 Å². The summed E-state index contributed by atoms with van der Waals surface area (Å²) >= 11 is 0. The largest absolute Gasteiger partial charge is 0.340 e. The van der Waals surface area contributed by atoms with E-state index in [1.807, 2.05) is 4.90 Å². The topological polar surface area (TPSA) is 47.3 Å². The number of carbonyl (C=O) groups is 1. The number of benzene rings is 1. The number of halogens is 1. The molecule has 5 heteroatoms. The third kappa shape index (κ3) is 3.09.